The summed E-state index contributed by atoms with van der Waals surface area (Å²) >= 11 is 6.12. The minimum absolute atomic E-state index is 0.281. The summed E-state index contributed by atoms with van der Waals surface area (Å²) < 4.78 is 5.45. The van der Waals surface area contributed by atoms with Crippen molar-refractivity contribution in [3.63, 3.8) is 0 Å². The van der Waals surface area contributed by atoms with Crippen LogP contribution in [0.4, 0.5) is 5.82 Å². The maximum absolute atomic E-state index is 6.12. The molecular formula is C17H15ClN4O. The van der Waals surface area contributed by atoms with Crippen molar-refractivity contribution < 1.29 is 4.74 Å². The Bertz CT molecular complexity index is 851. The normalized spacial score (nSPS) is 11.0. The van der Waals surface area contributed by atoms with Crippen LogP contribution in [0.3, 0.4) is 0 Å². The number of anilines is 1. The van der Waals surface area contributed by atoms with Crippen molar-refractivity contribution in [3.05, 3.63) is 59.2 Å². The molecule has 0 aliphatic carbocycles. The highest BCUT2D eigenvalue weighted by Crippen LogP contribution is 2.21. The number of ether oxygens (including phenoxy) is 1. The molecule has 23 heavy (non-hydrogen) atoms. The molecule has 0 aliphatic heterocycles. The van der Waals surface area contributed by atoms with Gasteiger partial charge in [-0.3, -0.25) is 5.43 Å². The van der Waals surface area contributed by atoms with Crippen molar-refractivity contribution in [1.82, 2.24) is 9.97 Å². The van der Waals surface area contributed by atoms with Crippen LogP contribution in [0.2, 0.25) is 5.15 Å². The number of hydrazone groups is 1. The summed E-state index contributed by atoms with van der Waals surface area (Å²) in [4.78, 5) is 8.70. The first-order valence-corrected chi connectivity index (χ1v) is 7.58. The number of halogens is 1. The highest BCUT2D eigenvalue weighted by molar-refractivity contribution is 6.32. The highest BCUT2D eigenvalue weighted by Gasteiger charge is 2.05. The van der Waals surface area contributed by atoms with E-state index >= 15 is 0 Å². The van der Waals surface area contributed by atoms with Crippen molar-refractivity contribution in [1.29, 1.82) is 0 Å². The second-order valence-corrected chi connectivity index (χ2v) is 5.09. The summed E-state index contributed by atoms with van der Waals surface area (Å²) in [6.07, 6.45) is 1.68. The van der Waals surface area contributed by atoms with Crippen molar-refractivity contribution in [3.8, 4) is 5.75 Å². The molecule has 0 radical (unpaired) electrons. The van der Waals surface area contributed by atoms with Gasteiger partial charge in [0, 0.05) is 0 Å². The van der Waals surface area contributed by atoms with E-state index in [0.29, 0.717) is 12.4 Å². The third-order valence-electron chi connectivity index (χ3n) is 3.08. The van der Waals surface area contributed by atoms with Gasteiger partial charge in [0.1, 0.15) is 5.75 Å². The SMILES string of the molecule is CCOc1cccc(/C=N/Nc2nc3ccccc3nc2Cl)c1. The summed E-state index contributed by atoms with van der Waals surface area (Å²) in [5.41, 5.74) is 5.24. The fourth-order valence-corrected chi connectivity index (χ4v) is 2.24. The largest absolute Gasteiger partial charge is 0.494 e. The third-order valence-corrected chi connectivity index (χ3v) is 3.34. The summed E-state index contributed by atoms with van der Waals surface area (Å²) in [6.45, 7) is 2.57. The lowest BCUT2D eigenvalue weighted by Gasteiger charge is -2.04. The Balaban J connectivity index is 1.77. The summed E-state index contributed by atoms with van der Waals surface area (Å²) in [7, 11) is 0. The number of nitrogens with one attached hydrogen (secondary N) is 1. The smallest absolute Gasteiger partial charge is 0.185 e. The number of hydrogen-bond acceptors (Lipinski definition) is 5. The van der Waals surface area contributed by atoms with Crippen molar-refractivity contribution in [2.45, 2.75) is 6.92 Å². The molecule has 0 bridgehead atoms. The molecule has 3 rings (SSSR count). The fraction of sp³-hybridized carbons (Fsp3) is 0.118. The van der Waals surface area contributed by atoms with Gasteiger partial charge in [-0.25, -0.2) is 9.97 Å². The van der Waals surface area contributed by atoms with Gasteiger partial charge in [-0.15, -0.1) is 0 Å². The minimum atomic E-state index is 0.281. The number of fused-ring (bicyclic) bond motifs is 1. The Morgan fingerprint density at radius 1 is 1.13 bits per heavy atom. The Kier molecular flexibility index (Phi) is 4.68. The molecule has 116 valence electrons. The monoisotopic (exact) mass is 326 g/mol. The van der Waals surface area contributed by atoms with E-state index in [9.17, 15) is 0 Å². The molecule has 6 heteroatoms. The summed E-state index contributed by atoms with van der Waals surface area (Å²) in [6, 6.07) is 15.2. The second-order valence-electron chi connectivity index (χ2n) is 4.73. The first kappa shape index (κ1) is 15.2. The van der Waals surface area contributed by atoms with Crippen LogP contribution >= 0.6 is 11.6 Å². The maximum atomic E-state index is 6.12. The molecule has 3 aromatic rings. The number of rotatable bonds is 5. The van der Waals surface area contributed by atoms with Crippen LogP contribution in [0.5, 0.6) is 5.75 Å². The number of para-hydroxylation sites is 2. The summed E-state index contributed by atoms with van der Waals surface area (Å²) in [5.74, 6) is 1.22. The van der Waals surface area contributed by atoms with Crippen LogP contribution in [0.1, 0.15) is 12.5 Å². The lowest BCUT2D eigenvalue weighted by molar-refractivity contribution is 0.340. The lowest BCUT2D eigenvalue weighted by atomic mass is 10.2. The maximum Gasteiger partial charge on any atom is 0.185 e. The van der Waals surface area contributed by atoms with E-state index in [4.69, 9.17) is 16.3 Å². The van der Waals surface area contributed by atoms with Crippen LogP contribution in [-0.2, 0) is 0 Å². The number of hydrogen-bond donors (Lipinski definition) is 1. The van der Waals surface area contributed by atoms with Crippen molar-refractivity contribution in [2.75, 3.05) is 12.0 Å². The first-order chi connectivity index (χ1) is 11.3. The van der Waals surface area contributed by atoms with E-state index < -0.39 is 0 Å². The average molecular weight is 327 g/mol. The molecule has 1 heterocycles. The molecule has 0 aliphatic rings. The number of nitrogens with zero attached hydrogens (tertiary/aromatic N) is 3. The second kappa shape index (κ2) is 7.07. The zero-order chi connectivity index (χ0) is 16.1. The Labute approximate surface area is 139 Å². The van der Waals surface area contributed by atoms with Crippen LogP contribution in [-0.4, -0.2) is 22.8 Å². The molecule has 1 N–H and O–H groups in total. The van der Waals surface area contributed by atoms with Gasteiger partial charge >= 0.3 is 0 Å². The highest BCUT2D eigenvalue weighted by atomic mass is 35.5. The molecule has 0 amide bonds. The van der Waals surface area contributed by atoms with Crippen LogP contribution in [0.15, 0.2) is 53.6 Å². The quantitative estimate of drug-likeness (QED) is 0.566. The number of benzene rings is 2. The standard InChI is InChI=1S/C17H15ClN4O/c1-2-23-13-7-5-6-12(10-13)11-19-22-17-16(18)20-14-8-3-4-9-15(14)21-17/h3-11H,2H2,1H3,(H,21,22)/b19-11+. The Hall–Kier alpha value is -2.66. The van der Waals surface area contributed by atoms with E-state index in [-0.39, 0.29) is 5.15 Å². The van der Waals surface area contributed by atoms with Gasteiger partial charge in [0.2, 0.25) is 0 Å². The predicted molar refractivity (Wildman–Crippen MR) is 93.4 cm³/mol. The number of aromatic nitrogens is 2. The van der Waals surface area contributed by atoms with E-state index in [1.165, 1.54) is 0 Å². The van der Waals surface area contributed by atoms with Gasteiger partial charge in [0.25, 0.3) is 0 Å². The van der Waals surface area contributed by atoms with Crippen molar-refractivity contribution >= 4 is 34.7 Å². The van der Waals surface area contributed by atoms with E-state index in [1.807, 2.05) is 55.5 Å². The summed E-state index contributed by atoms with van der Waals surface area (Å²) in [5, 5.41) is 4.44. The third kappa shape index (κ3) is 3.76. The van der Waals surface area contributed by atoms with E-state index in [0.717, 1.165) is 22.3 Å². The Morgan fingerprint density at radius 2 is 1.91 bits per heavy atom. The van der Waals surface area contributed by atoms with Gasteiger partial charge in [-0.2, -0.15) is 5.10 Å². The zero-order valence-electron chi connectivity index (χ0n) is 12.5. The van der Waals surface area contributed by atoms with Crippen LogP contribution in [0.25, 0.3) is 11.0 Å². The van der Waals surface area contributed by atoms with Gasteiger partial charge in [-0.05, 0) is 36.8 Å². The molecule has 0 fully saturated rings. The van der Waals surface area contributed by atoms with Crippen LogP contribution in [0, 0.1) is 0 Å². The van der Waals surface area contributed by atoms with Crippen LogP contribution < -0.4 is 10.2 Å². The zero-order valence-corrected chi connectivity index (χ0v) is 13.3. The molecule has 0 saturated heterocycles. The molecule has 5 nitrogen and oxygen atoms in total. The predicted octanol–water partition coefficient (Wildman–Crippen LogP) is 4.13. The van der Waals surface area contributed by atoms with E-state index in [2.05, 4.69) is 20.5 Å². The molecule has 0 atom stereocenters. The molecule has 1 aromatic heterocycles. The lowest BCUT2D eigenvalue weighted by Crippen LogP contribution is -1.97. The Morgan fingerprint density at radius 3 is 2.70 bits per heavy atom. The van der Waals surface area contributed by atoms with Gasteiger partial charge in [0.15, 0.2) is 11.0 Å². The molecule has 2 aromatic carbocycles. The van der Waals surface area contributed by atoms with E-state index in [1.54, 1.807) is 6.21 Å². The molecule has 0 spiro atoms. The molecular weight excluding hydrogens is 312 g/mol. The minimum Gasteiger partial charge on any atom is -0.494 e. The first-order valence-electron chi connectivity index (χ1n) is 7.20. The molecule has 0 saturated carbocycles. The van der Waals surface area contributed by atoms with Gasteiger partial charge < -0.3 is 4.74 Å². The van der Waals surface area contributed by atoms with Gasteiger partial charge in [-0.1, -0.05) is 35.9 Å². The van der Waals surface area contributed by atoms with Crippen molar-refractivity contribution in [2.24, 2.45) is 5.10 Å². The average Bonchev–Trinajstić information content (AvgIpc) is 2.56. The fourth-order valence-electron chi connectivity index (χ4n) is 2.07. The van der Waals surface area contributed by atoms with Gasteiger partial charge in [0.05, 0.1) is 23.9 Å². The topological polar surface area (TPSA) is 59.4 Å². The molecule has 0 unspecified atom stereocenters.